The Labute approximate surface area is 133 Å². The Morgan fingerprint density at radius 2 is 1.68 bits per heavy atom. The summed E-state index contributed by atoms with van der Waals surface area (Å²) in [5.74, 6) is 0.698. The van der Waals surface area contributed by atoms with Crippen molar-refractivity contribution in [2.24, 2.45) is 11.7 Å². The molecule has 2 N–H and O–H groups in total. The van der Waals surface area contributed by atoms with Gasteiger partial charge in [-0.25, -0.2) is 0 Å². The van der Waals surface area contributed by atoms with Gasteiger partial charge in [-0.15, -0.1) is 0 Å². The van der Waals surface area contributed by atoms with E-state index in [1.54, 1.807) is 8.61 Å². The summed E-state index contributed by atoms with van der Waals surface area (Å²) in [4.78, 5) is 0. The Kier molecular flexibility index (Phi) is 4.54. The normalized spacial score (nSPS) is 29.0. The topological polar surface area (TPSA) is 66.6 Å². The lowest BCUT2D eigenvalue weighted by Crippen LogP contribution is -2.46. The van der Waals surface area contributed by atoms with Crippen LogP contribution in [-0.2, 0) is 10.2 Å². The molecule has 3 rings (SSSR count). The summed E-state index contributed by atoms with van der Waals surface area (Å²) in [5.41, 5.74) is 7.35. The summed E-state index contributed by atoms with van der Waals surface area (Å²) in [5, 5.41) is 0. The average Bonchev–Trinajstić information content (AvgIpc) is 2.91. The molecule has 2 atom stereocenters. The van der Waals surface area contributed by atoms with Gasteiger partial charge < -0.3 is 5.73 Å². The van der Waals surface area contributed by atoms with Crippen LogP contribution < -0.4 is 5.73 Å². The average molecular weight is 323 g/mol. The molecule has 122 valence electrons. The summed E-state index contributed by atoms with van der Waals surface area (Å²) >= 11 is 0. The van der Waals surface area contributed by atoms with E-state index in [-0.39, 0.29) is 12.0 Å². The van der Waals surface area contributed by atoms with Crippen molar-refractivity contribution in [2.75, 3.05) is 26.2 Å². The van der Waals surface area contributed by atoms with E-state index in [1.807, 2.05) is 30.3 Å². The number of hydrogen-bond donors (Lipinski definition) is 1. The van der Waals surface area contributed by atoms with Crippen molar-refractivity contribution in [1.82, 2.24) is 8.61 Å². The van der Waals surface area contributed by atoms with Gasteiger partial charge in [0.25, 0.3) is 10.2 Å². The van der Waals surface area contributed by atoms with Crippen LogP contribution >= 0.6 is 0 Å². The fourth-order valence-electron chi connectivity index (χ4n) is 3.41. The van der Waals surface area contributed by atoms with Gasteiger partial charge in [-0.05, 0) is 24.3 Å². The highest BCUT2D eigenvalue weighted by molar-refractivity contribution is 7.86. The molecular formula is C16H25N3O2S. The SMILES string of the molecule is CC1CCN(S(=O)(=O)N2C[C@H](c3ccccc3)[C@@H](N)C2)CC1. The van der Waals surface area contributed by atoms with Crippen molar-refractivity contribution in [3.63, 3.8) is 0 Å². The molecule has 1 aromatic rings. The lowest BCUT2D eigenvalue weighted by Gasteiger charge is -2.32. The minimum absolute atomic E-state index is 0.0830. The fourth-order valence-corrected chi connectivity index (χ4v) is 5.12. The van der Waals surface area contributed by atoms with E-state index in [4.69, 9.17) is 5.73 Å². The Bertz CT molecular complexity index is 597. The first-order valence-electron chi connectivity index (χ1n) is 8.04. The van der Waals surface area contributed by atoms with E-state index in [9.17, 15) is 8.42 Å². The second-order valence-electron chi connectivity index (χ2n) is 6.59. The van der Waals surface area contributed by atoms with Crippen molar-refractivity contribution in [3.8, 4) is 0 Å². The van der Waals surface area contributed by atoms with Gasteiger partial charge in [0.2, 0.25) is 0 Å². The summed E-state index contributed by atoms with van der Waals surface area (Å²) < 4.78 is 28.8. The van der Waals surface area contributed by atoms with Crippen molar-refractivity contribution in [1.29, 1.82) is 0 Å². The summed E-state index contributed by atoms with van der Waals surface area (Å²) in [6, 6.07) is 9.84. The third kappa shape index (κ3) is 3.06. The molecule has 0 aliphatic carbocycles. The Hall–Kier alpha value is -0.950. The van der Waals surface area contributed by atoms with Gasteiger partial charge in [0, 0.05) is 38.1 Å². The van der Waals surface area contributed by atoms with Gasteiger partial charge >= 0.3 is 0 Å². The molecule has 0 aromatic heterocycles. The molecule has 2 fully saturated rings. The second kappa shape index (κ2) is 6.28. The molecule has 6 heteroatoms. The molecule has 0 spiro atoms. The smallest absolute Gasteiger partial charge is 0.282 e. The van der Waals surface area contributed by atoms with Crippen LogP contribution in [0.3, 0.4) is 0 Å². The fraction of sp³-hybridized carbons (Fsp3) is 0.625. The zero-order chi connectivity index (χ0) is 15.7. The number of piperidine rings is 1. The van der Waals surface area contributed by atoms with E-state index in [0.29, 0.717) is 32.1 Å². The first-order valence-corrected chi connectivity index (χ1v) is 9.44. The van der Waals surface area contributed by atoms with E-state index in [1.165, 1.54) is 0 Å². The Morgan fingerprint density at radius 1 is 1.05 bits per heavy atom. The van der Waals surface area contributed by atoms with Gasteiger partial charge in [0.1, 0.15) is 0 Å². The molecule has 0 unspecified atom stereocenters. The maximum absolute atomic E-state index is 12.8. The van der Waals surface area contributed by atoms with Gasteiger partial charge in [-0.1, -0.05) is 37.3 Å². The number of nitrogens with two attached hydrogens (primary N) is 1. The molecule has 0 bridgehead atoms. The Balaban J connectivity index is 1.73. The van der Waals surface area contributed by atoms with Crippen LogP contribution in [0.1, 0.15) is 31.2 Å². The van der Waals surface area contributed by atoms with E-state index in [2.05, 4.69) is 6.92 Å². The summed E-state index contributed by atoms with van der Waals surface area (Å²) in [6.07, 6.45) is 1.89. The van der Waals surface area contributed by atoms with Gasteiger partial charge in [-0.2, -0.15) is 17.0 Å². The van der Waals surface area contributed by atoms with Crippen LogP contribution in [-0.4, -0.2) is 49.2 Å². The van der Waals surface area contributed by atoms with E-state index < -0.39 is 10.2 Å². The standard InChI is InChI=1S/C16H25N3O2S/c1-13-7-9-18(10-8-13)22(20,21)19-11-15(16(17)12-19)14-5-3-2-4-6-14/h2-6,13,15-16H,7-12,17H2,1H3/t15-,16+/m1/s1. The largest absolute Gasteiger partial charge is 0.326 e. The number of hydrogen-bond acceptors (Lipinski definition) is 3. The van der Waals surface area contributed by atoms with Crippen LogP contribution in [0, 0.1) is 5.92 Å². The molecule has 1 aromatic carbocycles. The lowest BCUT2D eigenvalue weighted by molar-refractivity contribution is 0.270. The van der Waals surface area contributed by atoms with Crippen molar-refractivity contribution in [3.05, 3.63) is 35.9 Å². The summed E-state index contributed by atoms with van der Waals surface area (Å²) in [6.45, 7) is 4.34. The minimum atomic E-state index is -3.37. The maximum Gasteiger partial charge on any atom is 0.282 e. The molecule has 5 nitrogen and oxygen atoms in total. The van der Waals surface area contributed by atoms with Crippen LogP contribution in [0.25, 0.3) is 0 Å². The zero-order valence-electron chi connectivity index (χ0n) is 13.1. The predicted molar refractivity (Wildman–Crippen MR) is 87.6 cm³/mol. The molecule has 2 heterocycles. The number of benzene rings is 1. The highest BCUT2D eigenvalue weighted by Crippen LogP contribution is 2.30. The van der Waals surface area contributed by atoms with Crippen LogP contribution in [0.5, 0.6) is 0 Å². The van der Waals surface area contributed by atoms with Gasteiger partial charge in [-0.3, -0.25) is 0 Å². The third-order valence-corrected chi connectivity index (χ3v) is 6.92. The molecule has 2 aliphatic heterocycles. The van der Waals surface area contributed by atoms with Crippen LogP contribution in [0.2, 0.25) is 0 Å². The first kappa shape index (κ1) is 15.9. The van der Waals surface area contributed by atoms with Crippen LogP contribution in [0.15, 0.2) is 30.3 Å². The van der Waals surface area contributed by atoms with Crippen LogP contribution in [0.4, 0.5) is 0 Å². The molecule has 2 aliphatic rings. The molecular weight excluding hydrogens is 298 g/mol. The van der Waals surface area contributed by atoms with Crippen molar-refractivity contribution >= 4 is 10.2 Å². The monoisotopic (exact) mass is 323 g/mol. The van der Waals surface area contributed by atoms with E-state index >= 15 is 0 Å². The number of rotatable bonds is 3. The lowest BCUT2D eigenvalue weighted by atomic mass is 9.95. The highest BCUT2D eigenvalue weighted by Gasteiger charge is 2.40. The third-order valence-electron chi connectivity index (χ3n) is 4.95. The second-order valence-corrected chi connectivity index (χ2v) is 8.52. The minimum Gasteiger partial charge on any atom is -0.326 e. The van der Waals surface area contributed by atoms with E-state index in [0.717, 1.165) is 18.4 Å². The first-order chi connectivity index (χ1) is 10.5. The predicted octanol–water partition coefficient (Wildman–Crippen LogP) is 1.39. The summed E-state index contributed by atoms with van der Waals surface area (Å²) in [7, 11) is -3.37. The quantitative estimate of drug-likeness (QED) is 0.914. The van der Waals surface area contributed by atoms with Crippen molar-refractivity contribution in [2.45, 2.75) is 31.7 Å². The maximum atomic E-state index is 12.8. The van der Waals surface area contributed by atoms with Gasteiger partial charge in [0.15, 0.2) is 0 Å². The highest BCUT2D eigenvalue weighted by atomic mass is 32.2. The van der Waals surface area contributed by atoms with Crippen molar-refractivity contribution < 1.29 is 8.42 Å². The molecule has 0 saturated carbocycles. The zero-order valence-corrected chi connectivity index (χ0v) is 13.9. The van der Waals surface area contributed by atoms with Gasteiger partial charge in [0.05, 0.1) is 0 Å². The molecule has 0 amide bonds. The number of nitrogens with zero attached hydrogens (tertiary/aromatic N) is 2. The Morgan fingerprint density at radius 3 is 2.32 bits per heavy atom. The molecule has 0 radical (unpaired) electrons. The molecule has 2 saturated heterocycles. The molecule has 22 heavy (non-hydrogen) atoms.